The van der Waals surface area contributed by atoms with Crippen molar-refractivity contribution >= 4 is 31.9 Å². The quantitative estimate of drug-likeness (QED) is 0.715. The van der Waals surface area contributed by atoms with Crippen LogP contribution in [0.4, 0.5) is 4.39 Å². The molecule has 0 bridgehead atoms. The zero-order valence-corrected chi connectivity index (χ0v) is 14.9. The van der Waals surface area contributed by atoms with Crippen LogP contribution in [0, 0.1) is 5.82 Å². The SMILES string of the molecule is CCCNC(Cc1ccc(Br)cn1)c1cccc(F)c1Br. The molecule has 0 saturated carbocycles. The van der Waals surface area contributed by atoms with Gasteiger partial charge in [0.2, 0.25) is 0 Å². The second-order valence-electron chi connectivity index (χ2n) is 4.82. The Morgan fingerprint density at radius 2 is 2.05 bits per heavy atom. The van der Waals surface area contributed by atoms with Gasteiger partial charge < -0.3 is 5.32 Å². The molecule has 1 heterocycles. The molecule has 5 heteroatoms. The molecule has 1 aromatic heterocycles. The highest BCUT2D eigenvalue weighted by atomic mass is 79.9. The number of nitrogens with zero attached hydrogens (tertiary/aromatic N) is 1. The molecule has 0 radical (unpaired) electrons. The van der Waals surface area contributed by atoms with Crippen molar-refractivity contribution in [2.45, 2.75) is 25.8 Å². The smallest absolute Gasteiger partial charge is 0.137 e. The molecule has 0 aliphatic heterocycles. The summed E-state index contributed by atoms with van der Waals surface area (Å²) in [5, 5.41) is 3.47. The molecular weight excluding hydrogens is 399 g/mol. The first-order valence-electron chi connectivity index (χ1n) is 6.89. The minimum absolute atomic E-state index is 0.0312. The fourth-order valence-electron chi connectivity index (χ4n) is 2.14. The molecule has 1 unspecified atom stereocenters. The molecule has 0 aliphatic carbocycles. The first kappa shape index (κ1) is 16.6. The van der Waals surface area contributed by atoms with Crippen LogP contribution in [0.2, 0.25) is 0 Å². The van der Waals surface area contributed by atoms with E-state index >= 15 is 0 Å². The third kappa shape index (κ3) is 4.59. The summed E-state index contributed by atoms with van der Waals surface area (Å²) in [6.07, 6.45) is 3.53. The van der Waals surface area contributed by atoms with Crippen LogP contribution < -0.4 is 5.32 Å². The van der Waals surface area contributed by atoms with Crippen molar-refractivity contribution < 1.29 is 4.39 Å². The van der Waals surface area contributed by atoms with Gasteiger partial charge in [-0.1, -0.05) is 19.1 Å². The maximum absolute atomic E-state index is 13.8. The molecule has 0 spiro atoms. The van der Waals surface area contributed by atoms with Crippen LogP contribution in [0.1, 0.15) is 30.6 Å². The Labute approximate surface area is 141 Å². The number of aromatic nitrogens is 1. The lowest BCUT2D eigenvalue weighted by atomic mass is 10.0. The van der Waals surface area contributed by atoms with E-state index in [4.69, 9.17) is 0 Å². The van der Waals surface area contributed by atoms with Gasteiger partial charge in [0.05, 0.1) is 4.47 Å². The maximum atomic E-state index is 13.8. The van der Waals surface area contributed by atoms with Crippen molar-refractivity contribution in [3.8, 4) is 0 Å². The third-order valence-corrected chi connectivity index (χ3v) is 4.51. The predicted molar refractivity (Wildman–Crippen MR) is 90.8 cm³/mol. The summed E-state index contributed by atoms with van der Waals surface area (Å²) in [5.74, 6) is -0.237. The van der Waals surface area contributed by atoms with E-state index in [1.807, 2.05) is 18.2 Å². The summed E-state index contributed by atoms with van der Waals surface area (Å²) in [6.45, 7) is 2.99. The Bertz CT molecular complexity index is 587. The van der Waals surface area contributed by atoms with E-state index in [0.717, 1.165) is 35.1 Å². The summed E-state index contributed by atoms with van der Waals surface area (Å²) in [7, 11) is 0. The number of hydrogen-bond donors (Lipinski definition) is 1. The maximum Gasteiger partial charge on any atom is 0.137 e. The van der Waals surface area contributed by atoms with E-state index in [2.05, 4.69) is 49.1 Å². The van der Waals surface area contributed by atoms with Crippen molar-refractivity contribution in [1.29, 1.82) is 0 Å². The molecule has 2 aromatic rings. The topological polar surface area (TPSA) is 24.9 Å². The van der Waals surface area contributed by atoms with Crippen LogP contribution in [0.3, 0.4) is 0 Å². The van der Waals surface area contributed by atoms with Crippen molar-refractivity contribution in [3.05, 3.63) is 62.5 Å². The van der Waals surface area contributed by atoms with Crippen LogP contribution >= 0.6 is 31.9 Å². The molecule has 1 atom stereocenters. The van der Waals surface area contributed by atoms with Gasteiger partial charge >= 0.3 is 0 Å². The number of halogens is 3. The van der Waals surface area contributed by atoms with Crippen LogP contribution in [-0.2, 0) is 6.42 Å². The lowest BCUT2D eigenvalue weighted by Gasteiger charge is -2.20. The molecule has 0 aliphatic rings. The number of pyridine rings is 1. The molecule has 112 valence electrons. The van der Waals surface area contributed by atoms with Gasteiger partial charge in [0.25, 0.3) is 0 Å². The Balaban J connectivity index is 2.25. The monoisotopic (exact) mass is 414 g/mol. The lowest BCUT2D eigenvalue weighted by molar-refractivity contribution is 0.516. The predicted octanol–water partition coefficient (Wildman–Crippen LogP) is 5.03. The van der Waals surface area contributed by atoms with Crippen molar-refractivity contribution in [2.75, 3.05) is 6.54 Å². The molecule has 1 N–H and O–H groups in total. The minimum atomic E-state index is -0.237. The minimum Gasteiger partial charge on any atom is -0.310 e. The Morgan fingerprint density at radius 1 is 1.24 bits per heavy atom. The lowest BCUT2D eigenvalue weighted by Crippen LogP contribution is -2.25. The summed E-state index contributed by atoms with van der Waals surface area (Å²) < 4.78 is 15.2. The molecule has 2 rings (SSSR count). The fraction of sp³-hybridized carbons (Fsp3) is 0.312. The fourth-order valence-corrected chi connectivity index (χ4v) is 2.91. The zero-order chi connectivity index (χ0) is 15.2. The van der Waals surface area contributed by atoms with Crippen molar-refractivity contribution in [3.63, 3.8) is 0 Å². The zero-order valence-electron chi connectivity index (χ0n) is 11.7. The summed E-state index contributed by atoms with van der Waals surface area (Å²) in [6, 6.07) is 9.13. The molecular formula is C16H17Br2FN2. The van der Waals surface area contributed by atoms with Gasteiger partial charge in [-0.25, -0.2) is 4.39 Å². The number of nitrogens with one attached hydrogen (secondary N) is 1. The van der Waals surface area contributed by atoms with Crippen molar-refractivity contribution in [2.24, 2.45) is 0 Å². The van der Waals surface area contributed by atoms with E-state index < -0.39 is 0 Å². The van der Waals surface area contributed by atoms with E-state index in [9.17, 15) is 4.39 Å². The molecule has 1 aromatic carbocycles. The van der Waals surface area contributed by atoms with E-state index in [1.54, 1.807) is 12.3 Å². The van der Waals surface area contributed by atoms with Gasteiger partial charge in [0, 0.05) is 28.8 Å². The normalized spacial score (nSPS) is 12.4. The summed E-state index contributed by atoms with van der Waals surface area (Å²) in [5.41, 5.74) is 1.90. The average Bonchev–Trinajstić information content (AvgIpc) is 2.48. The molecule has 0 fully saturated rings. The first-order valence-corrected chi connectivity index (χ1v) is 8.48. The molecule has 2 nitrogen and oxygen atoms in total. The second kappa shape index (κ2) is 8.01. The standard InChI is InChI=1S/C16H17Br2FN2/c1-2-8-20-15(9-12-7-6-11(17)10-21-12)13-4-3-5-14(19)16(13)18/h3-7,10,15,20H,2,8-9H2,1H3. The van der Waals surface area contributed by atoms with Crippen molar-refractivity contribution in [1.82, 2.24) is 10.3 Å². The largest absolute Gasteiger partial charge is 0.310 e. The van der Waals surface area contributed by atoms with Crippen LogP contribution in [0.5, 0.6) is 0 Å². The molecule has 21 heavy (non-hydrogen) atoms. The first-order chi connectivity index (χ1) is 10.1. The van der Waals surface area contributed by atoms with Gasteiger partial charge in [-0.2, -0.15) is 0 Å². The van der Waals surface area contributed by atoms with Gasteiger partial charge in [0.1, 0.15) is 5.82 Å². The molecule has 0 amide bonds. The van der Waals surface area contributed by atoms with Crippen LogP contribution in [-0.4, -0.2) is 11.5 Å². The summed E-state index contributed by atoms with van der Waals surface area (Å²) in [4.78, 5) is 4.41. The number of benzene rings is 1. The molecule has 0 saturated heterocycles. The van der Waals surface area contributed by atoms with Gasteiger partial charge in [-0.15, -0.1) is 0 Å². The Morgan fingerprint density at radius 3 is 2.71 bits per heavy atom. The Hall–Kier alpha value is -0.780. The van der Waals surface area contributed by atoms with E-state index in [-0.39, 0.29) is 11.9 Å². The number of hydrogen-bond acceptors (Lipinski definition) is 2. The summed E-state index contributed by atoms with van der Waals surface area (Å²) >= 11 is 6.74. The van der Waals surface area contributed by atoms with Crippen LogP contribution in [0.25, 0.3) is 0 Å². The van der Waals surface area contributed by atoms with E-state index in [1.165, 1.54) is 6.07 Å². The van der Waals surface area contributed by atoms with Crippen LogP contribution in [0.15, 0.2) is 45.5 Å². The Kier molecular flexibility index (Phi) is 6.33. The highest BCUT2D eigenvalue weighted by Crippen LogP contribution is 2.28. The van der Waals surface area contributed by atoms with Gasteiger partial charge in [0.15, 0.2) is 0 Å². The van der Waals surface area contributed by atoms with Gasteiger partial charge in [-0.3, -0.25) is 4.98 Å². The number of rotatable bonds is 6. The second-order valence-corrected chi connectivity index (χ2v) is 6.53. The highest BCUT2D eigenvalue weighted by Gasteiger charge is 2.17. The third-order valence-electron chi connectivity index (χ3n) is 3.20. The average molecular weight is 416 g/mol. The highest BCUT2D eigenvalue weighted by molar-refractivity contribution is 9.10. The van der Waals surface area contributed by atoms with Gasteiger partial charge in [-0.05, 0) is 68.6 Å². The van der Waals surface area contributed by atoms with E-state index in [0.29, 0.717) is 4.47 Å².